The summed E-state index contributed by atoms with van der Waals surface area (Å²) in [7, 11) is 1.63. The lowest BCUT2D eigenvalue weighted by Gasteiger charge is -2.17. The van der Waals surface area contributed by atoms with E-state index in [9.17, 15) is 4.79 Å². The fourth-order valence-electron chi connectivity index (χ4n) is 2.67. The monoisotopic (exact) mass is 277 g/mol. The van der Waals surface area contributed by atoms with Crippen LogP contribution in [0.2, 0.25) is 0 Å². The van der Waals surface area contributed by atoms with E-state index < -0.39 is 0 Å². The molecular weight excluding hydrogens is 258 g/mol. The molecule has 0 spiro atoms. The molecule has 2 heterocycles. The smallest absolute Gasteiger partial charge is 0.220 e. The number of benzene rings is 1. The van der Waals surface area contributed by atoms with Gasteiger partial charge in [0.25, 0.3) is 0 Å². The first kappa shape index (κ1) is 13.2. The van der Waals surface area contributed by atoms with Gasteiger partial charge in [-0.2, -0.15) is 0 Å². The largest absolute Gasteiger partial charge is 0.493 e. The van der Waals surface area contributed by atoms with Gasteiger partial charge in [0, 0.05) is 25.3 Å². The molecule has 5 heteroatoms. The van der Waals surface area contributed by atoms with Gasteiger partial charge in [-0.1, -0.05) is 6.07 Å². The van der Waals surface area contributed by atoms with Crippen LogP contribution in [0.3, 0.4) is 0 Å². The van der Waals surface area contributed by atoms with Crippen LogP contribution in [0.1, 0.15) is 24.3 Å². The Balaban J connectivity index is 1.80. The van der Waals surface area contributed by atoms with Crippen LogP contribution in [0.5, 0.6) is 11.5 Å². The van der Waals surface area contributed by atoms with Crippen molar-refractivity contribution in [3.05, 3.63) is 23.8 Å². The van der Waals surface area contributed by atoms with Crippen LogP contribution in [0.25, 0.3) is 0 Å². The molecular formula is C15H19NO4. The van der Waals surface area contributed by atoms with E-state index in [1.807, 2.05) is 18.2 Å². The molecule has 3 rings (SSSR count). The molecule has 2 atom stereocenters. The van der Waals surface area contributed by atoms with Crippen molar-refractivity contribution in [3.63, 3.8) is 0 Å². The molecule has 2 aliphatic rings. The topological polar surface area (TPSA) is 56.8 Å². The fourth-order valence-corrected chi connectivity index (χ4v) is 2.67. The van der Waals surface area contributed by atoms with E-state index in [4.69, 9.17) is 14.2 Å². The number of hydrogen-bond donors (Lipinski definition) is 1. The number of methoxy groups -OCH3 is 1. The minimum Gasteiger partial charge on any atom is -0.493 e. The average Bonchev–Trinajstić information content (AvgIpc) is 3.10. The van der Waals surface area contributed by atoms with Crippen LogP contribution in [-0.4, -0.2) is 38.9 Å². The molecule has 108 valence electrons. The van der Waals surface area contributed by atoms with Crippen molar-refractivity contribution in [1.29, 1.82) is 0 Å². The van der Waals surface area contributed by atoms with Crippen LogP contribution in [-0.2, 0) is 9.53 Å². The minimum atomic E-state index is 0.0856. The van der Waals surface area contributed by atoms with Crippen LogP contribution < -0.4 is 14.8 Å². The molecule has 0 aliphatic carbocycles. The zero-order valence-electron chi connectivity index (χ0n) is 11.6. The molecule has 1 N–H and O–H groups in total. The number of carbonyl (C=O) groups excluding carboxylic acids is 1. The number of hydrogen-bond acceptors (Lipinski definition) is 4. The zero-order valence-corrected chi connectivity index (χ0v) is 11.6. The Kier molecular flexibility index (Phi) is 3.78. The predicted molar refractivity (Wildman–Crippen MR) is 73.2 cm³/mol. The number of amides is 1. The number of nitrogens with one attached hydrogen (secondary N) is 1. The second-order valence-corrected chi connectivity index (χ2v) is 5.22. The van der Waals surface area contributed by atoms with E-state index in [0.717, 1.165) is 30.1 Å². The normalized spacial score (nSPS) is 25.6. The van der Waals surface area contributed by atoms with Crippen LogP contribution in [0.4, 0.5) is 0 Å². The molecule has 2 saturated heterocycles. The Labute approximate surface area is 118 Å². The van der Waals surface area contributed by atoms with Crippen molar-refractivity contribution in [3.8, 4) is 11.5 Å². The maximum atomic E-state index is 11.3. The standard InChI is InChI=1S/C15H19NO4/c1-18-13-3-2-10(11-7-15(17)16-8-11)6-14(13)20-12-4-5-19-9-12/h2-3,6,11-12H,4-5,7-9H2,1H3,(H,16,17)/t11-,12-/m1/s1. The molecule has 0 unspecified atom stereocenters. The molecule has 1 aromatic carbocycles. The molecule has 2 aliphatic heterocycles. The molecule has 2 fully saturated rings. The van der Waals surface area contributed by atoms with Crippen LogP contribution in [0.15, 0.2) is 18.2 Å². The van der Waals surface area contributed by atoms with Crippen molar-refractivity contribution >= 4 is 5.91 Å². The van der Waals surface area contributed by atoms with E-state index >= 15 is 0 Å². The molecule has 0 saturated carbocycles. The second-order valence-electron chi connectivity index (χ2n) is 5.22. The first-order valence-corrected chi connectivity index (χ1v) is 6.95. The summed E-state index contributed by atoms with van der Waals surface area (Å²) in [5.74, 6) is 1.78. The van der Waals surface area contributed by atoms with Gasteiger partial charge >= 0.3 is 0 Å². The van der Waals surface area contributed by atoms with Crippen molar-refractivity contribution < 1.29 is 19.0 Å². The van der Waals surface area contributed by atoms with Gasteiger partial charge in [-0.05, 0) is 17.7 Å². The fraction of sp³-hybridized carbons (Fsp3) is 0.533. The van der Waals surface area contributed by atoms with Gasteiger partial charge in [-0.15, -0.1) is 0 Å². The summed E-state index contributed by atoms with van der Waals surface area (Å²) < 4.78 is 16.6. The van der Waals surface area contributed by atoms with Crippen molar-refractivity contribution in [2.75, 3.05) is 26.9 Å². The van der Waals surface area contributed by atoms with Crippen molar-refractivity contribution in [2.24, 2.45) is 0 Å². The first-order chi connectivity index (χ1) is 9.76. The Hall–Kier alpha value is -1.75. The van der Waals surface area contributed by atoms with Crippen LogP contribution >= 0.6 is 0 Å². The van der Waals surface area contributed by atoms with Gasteiger partial charge < -0.3 is 19.5 Å². The van der Waals surface area contributed by atoms with Crippen molar-refractivity contribution in [1.82, 2.24) is 5.32 Å². The third-order valence-corrected chi connectivity index (χ3v) is 3.82. The summed E-state index contributed by atoms with van der Waals surface area (Å²) in [5.41, 5.74) is 1.11. The average molecular weight is 277 g/mol. The highest BCUT2D eigenvalue weighted by atomic mass is 16.6. The highest BCUT2D eigenvalue weighted by Crippen LogP contribution is 2.34. The summed E-state index contributed by atoms with van der Waals surface area (Å²) >= 11 is 0. The SMILES string of the molecule is COc1ccc([C@H]2CNC(=O)C2)cc1O[C@@H]1CCOC1. The van der Waals surface area contributed by atoms with Crippen molar-refractivity contribution in [2.45, 2.75) is 24.9 Å². The van der Waals surface area contributed by atoms with Gasteiger partial charge in [0.2, 0.25) is 5.91 Å². The molecule has 1 aromatic rings. The van der Waals surface area contributed by atoms with E-state index in [0.29, 0.717) is 19.6 Å². The van der Waals surface area contributed by atoms with Gasteiger partial charge in [0.1, 0.15) is 6.10 Å². The van der Waals surface area contributed by atoms with Gasteiger partial charge in [0.05, 0.1) is 20.3 Å². The maximum absolute atomic E-state index is 11.3. The highest BCUT2D eigenvalue weighted by molar-refractivity contribution is 5.79. The molecule has 0 radical (unpaired) electrons. The quantitative estimate of drug-likeness (QED) is 0.905. The summed E-state index contributed by atoms with van der Waals surface area (Å²) in [5, 5.41) is 2.86. The van der Waals surface area contributed by atoms with E-state index in [2.05, 4.69) is 5.32 Å². The van der Waals surface area contributed by atoms with Gasteiger partial charge in [0.15, 0.2) is 11.5 Å². The molecule has 20 heavy (non-hydrogen) atoms. The predicted octanol–water partition coefficient (Wildman–Crippen LogP) is 1.47. The highest BCUT2D eigenvalue weighted by Gasteiger charge is 2.25. The number of rotatable bonds is 4. The minimum absolute atomic E-state index is 0.0856. The number of ether oxygens (including phenoxy) is 3. The Morgan fingerprint density at radius 2 is 2.25 bits per heavy atom. The molecule has 0 bridgehead atoms. The van der Waals surface area contributed by atoms with E-state index in [-0.39, 0.29) is 17.9 Å². The lowest BCUT2D eigenvalue weighted by molar-refractivity contribution is -0.119. The summed E-state index contributed by atoms with van der Waals surface area (Å²) in [4.78, 5) is 11.3. The third kappa shape index (κ3) is 2.72. The third-order valence-electron chi connectivity index (χ3n) is 3.82. The molecule has 0 aromatic heterocycles. The maximum Gasteiger partial charge on any atom is 0.220 e. The second kappa shape index (κ2) is 5.71. The zero-order chi connectivity index (χ0) is 13.9. The Bertz CT molecular complexity index is 497. The molecule has 5 nitrogen and oxygen atoms in total. The molecule has 1 amide bonds. The summed E-state index contributed by atoms with van der Waals surface area (Å²) in [6, 6.07) is 5.90. The van der Waals surface area contributed by atoms with E-state index in [1.54, 1.807) is 7.11 Å². The Morgan fingerprint density at radius 1 is 1.35 bits per heavy atom. The Morgan fingerprint density at radius 3 is 2.90 bits per heavy atom. The lowest BCUT2D eigenvalue weighted by Crippen LogP contribution is -2.16. The first-order valence-electron chi connectivity index (χ1n) is 6.95. The van der Waals surface area contributed by atoms with Gasteiger partial charge in [-0.3, -0.25) is 4.79 Å². The summed E-state index contributed by atoms with van der Waals surface area (Å²) in [6.07, 6.45) is 1.53. The number of carbonyl (C=O) groups is 1. The van der Waals surface area contributed by atoms with Gasteiger partial charge in [-0.25, -0.2) is 0 Å². The van der Waals surface area contributed by atoms with Crippen LogP contribution in [0, 0.1) is 0 Å². The summed E-state index contributed by atoms with van der Waals surface area (Å²) in [6.45, 7) is 2.06. The lowest BCUT2D eigenvalue weighted by atomic mass is 9.98. The van der Waals surface area contributed by atoms with E-state index in [1.165, 1.54) is 0 Å².